The first-order valence-corrected chi connectivity index (χ1v) is 11.2. The van der Waals surface area contributed by atoms with Crippen molar-refractivity contribution in [1.82, 2.24) is 5.32 Å². The van der Waals surface area contributed by atoms with Crippen LogP contribution < -0.4 is 5.32 Å². The lowest BCUT2D eigenvalue weighted by Gasteiger charge is -2.28. The summed E-state index contributed by atoms with van der Waals surface area (Å²) < 4.78 is 20.1. The lowest BCUT2D eigenvalue weighted by Crippen LogP contribution is -2.20. The van der Waals surface area contributed by atoms with Crippen LogP contribution in [0.1, 0.15) is 51.7 Å². The lowest BCUT2D eigenvalue weighted by atomic mass is 9.78. The van der Waals surface area contributed by atoms with Gasteiger partial charge < -0.3 is 9.73 Å². The maximum atomic E-state index is 13.9. The van der Waals surface area contributed by atoms with Gasteiger partial charge in [0.1, 0.15) is 17.0 Å². The molecule has 3 rings (SSSR count). The van der Waals surface area contributed by atoms with Crippen molar-refractivity contribution in [2.75, 3.05) is 7.05 Å². The molecular formula is C28H34FNO. The first-order chi connectivity index (χ1) is 14.8. The molecule has 0 aliphatic heterocycles. The summed E-state index contributed by atoms with van der Waals surface area (Å²) in [7, 11) is 1.96. The molecule has 0 radical (unpaired) electrons. The monoisotopic (exact) mass is 419 g/mol. The molecule has 31 heavy (non-hydrogen) atoms. The number of hydrogen-bond acceptors (Lipinski definition) is 2. The summed E-state index contributed by atoms with van der Waals surface area (Å²) in [6, 6.07) is 9.08. The molecule has 3 aromatic rings. The van der Waals surface area contributed by atoms with Crippen molar-refractivity contribution in [3.8, 4) is 0 Å². The molecular weight excluding hydrogens is 385 g/mol. The van der Waals surface area contributed by atoms with Crippen LogP contribution in [-0.2, 0) is 6.42 Å². The van der Waals surface area contributed by atoms with Gasteiger partial charge in [-0.3, -0.25) is 0 Å². The summed E-state index contributed by atoms with van der Waals surface area (Å²) in [6.45, 7) is 12.7. The van der Waals surface area contributed by atoms with E-state index in [0.29, 0.717) is 11.5 Å². The maximum absolute atomic E-state index is 13.9. The van der Waals surface area contributed by atoms with E-state index in [9.17, 15) is 4.39 Å². The third-order valence-electron chi connectivity index (χ3n) is 6.25. The Morgan fingerprint density at radius 3 is 2.65 bits per heavy atom. The zero-order chi connectivity index (χ0) is 22.6. The lowest BCUT2D eigenvalue weighted by molar-refractivity contribution is 0.368. The number of halogens is 1. The summed E-state index contributed by atoms with van der Waals surface area (Å²) in [5.41, 5.74) is 4.68. The number of rotatable bonds is 9. The van der Waals surface area contributed by atoms with Crippen molar-refractivity contribution in [3.05, 3.63) is 78.2 Å². The Kier molecular flexibility index (Phi) is 7.04. The van der Waals surface area contributed by atoms with Crippen LogP contribution in [0.3, 0.4) is 0 Å². The maximum Gasteiger partial charge on any atom is 0.144 e. The molecule has 2 nitrogen and oxygen atoms in total. The number of unbranched alkanes of at least 4 members (excludes halogenated alkanes) is 1. The molecule has 0 saturated heterocycles. The number of nitrogens with one attached hydrogen (secondary N) is 1. The van der Waals surface area contributed by atoms with Gasteiger partial charge in [-0.2, -0.15) is 0 Å². The second-order valence-corrected chi connectivity index (χ2v) is 8.86. The van der Waals surface area contributed by atoms with E-state index in [2.05, 4.69) is 63.9 Å². The summed E-state index contributed by atoms with van der Waals surface area (Å²) in [6.07, 6.45) is 11.5. The van der Waals surface area contributed by atoms with Gasteiger partial charge in [0.2, 0.25) is 0 Å². The van der Waals surface area contributed by atoms with Gasteiger partial charge >= 0.3 is 0 Å². The SMILES string of the molecule is C=C/C=C/C(C)C(C)(C)/C=C(\NC)c1c(CCCC)ccc2c1oc1cc(F)ccc12. The van der Waals surface area contributed by atoms with Crippen LogP contribution in [-0.4, -0.2) is 7.05 Å². The van der Waals surface area contributed by atoms with E-state index in [-0.39, 0.29) is 11.2 Å². The Morgan fingerprint density at radius 2 is 1.97 bits per heavy atom. The summed E-state index contributed by atoms with van der Waals surface area (Å²) in [5.74, 6) is 0.0320. The van der Waals surface area contributed by atoms with E-state index >= 15 is 0 Å². The topological polar surface area (TPSA) is 25.2 Å². The van der Waals surface area contributed by atoms with Crippen molar-refractivity contribution in [1.29, 1.82) is 0 Å². The van der Waals surface area contributed by atoms with Crippen LogP contribution in [0, 0.1) is 17.2 Å². The molecule has 2 aromatic carbocycles. The molecule has 1 atom stereocenters. The molecule has 3 heteroatoms. The molecule has 1 heterocycles. The predicted molar refractivity (Wildman–Crippen MR) is 132 cm³/mol. The number of aryl methyl sites for hydroxylation is 1. The third kappa shape index (κ3) is 4.76. The molecule has 164 valence electrons. The number of furan rings is 1. The smallest absolute Gasteiger partial charge is 0.144 e. The first kappa shape index (κ1) is 22.9. The van der Waals surface area contributed by atoms with Crippen molar-refractivity contribution in [2.45, 2.75) is 47.0 Å². The molecule has 1 aromatic heterocycles. The zero-order valence-electron chi connectivity index (χ0n) is 19.4. The number of benzene rings is 2. The van der Waals surface area contributed by atoms with E-state index in [1.807, 2.05) is 19.2 Å². The minimum Gasteiger partial charge on any atom is -0.455 e. The molecule has 1 unspecified atom stereocenters. The van der Waals surface area contributed by atoms with Gasteiger partial charge in [-0.15, -0.1) is 0 Å². The van der Waals surface area contributed by atoms with Crippen LogP contribution in [0.4, 0.5) is 4.39 Å². The molecule has 0 bridgehead atoms. The third-order valence-corrected chi connectivity index (χ3v) is 6.25. The van der Waals surface area contributed by atoms with Gasteiger partial charge in [0.15, 0.2) is 0 Å². The zero-order valence-corrected chi connectivity index (χ0v) is 19.4. The first-order valence-electron chi connectivity index (χ1n) is 11.2. The van der Waals surface area contributed by atoms with Crippen LogP contribution in [0.5, 0.6) is 0 Å². The molecule has 0 spiro atoms. The van der Waals surface area contributed by atoms with E-state index in [0.717, 1.165) is 46.9 Å². The highest BCUT2D eigenvalue weighted by Crippen LogP contribution is 2.39. The van der Waals surface area contributed by atoms with Crippen molar-refractivity contribution in [3.63, 3.8) is 0 Å². The highest BCUT2D eigenvalue weighted by Gasteiger charge is 2.25. The van der Waals surface area contributed by atoms with Gasteiger partial charge in [-0.05, 0) is 41.9 Å². The molecule has 0 amide bonds. The number of allylic oxidation sites excluding steroid dienone is 4. The van der Waals surface area contributed by atoms with Crippen LogP contribution in [0.15, 0.2) is 65.6 Å². The highest BCUT2D eigenvalue weighted by molar-refractivity contribution is 6.08. The fourth-order valence-corrected chi connectivity index (χ4v) is 3.99. The average molecular weight is 420 g/mol. The number of hydrogen-bond donors (Lipinski definition) is 1. The predicted octanol–water partition coefficient (Wildman–Crippen LogP) is 8.03. The minimum absolute atomic E-state index is 0.0971. The molecule has 0 aliphatic carbocycles. The van der Waals surface area contributed by atoms with Gasteiger partial charge in [0, 0.05) is 35.1 Å². The van der Waals surface area contributed by atoms with Crippen LogP contribution >= 0.6 is 0 Å². The van der Waals surface area contributed by atoms with Gasteiger partial charge in [0.25, 0.3) is 0 Å². The Labute approximate surface area is 185 Å². The normalized spacial score (nSPS) is 13.9. The quantitative estimate of drug-likeness (QED) is 0.355. The van der Waals surface area contributed by atoms with Gasteiger partial charge in [-0.1, -0.05) is 77.1 Å². The Bertz CT molecular complexity index is 1130. The molecule has 0 saturated carbocycles. The Hall–Kier alpha value is -2.81. The van der Waals surface area contributed by atoms with Crippen molar-refractivity contribution >= 4 is 27.6 Å². The Morgan fingerprint density at radius 1 is 1.23 bits per heavy atom. The van der Waals surface area contributed by atoms with Gasteiger partial charge in [-0.25, -0.2) is 4.39 Å². The highest BCUT2D eigenvalue weighted by atomic mass is 19.1. The van der Waals surface area contributed by atoms with E-state index in [1.165, 1.54) is 17.7 Å². The summed E-state index contributed by atoms with van der Waals surface area (Å²) in [5, 5.41) is 5.39. The van der Waals surface area contributed by atoms with Crippen molar-refractivity contribution in [2.24, 2.45) is 11.3 Å². The van der Waals surface area contributed by atoms with E-state index in [4.69, 9.17) is 4.42 Å². The minimum atomic E-state index is -0.285. The second kappa shape index (κ2) is 9.55. The fourth-order valence-electron chi connectivity index (χ4n) is 3.99. The standard InChI is InChI=1S/C28H34FNO/c1-7-9-11-19(3)28(4,5)18-24(30-6)26-20(12-10-8-2)13-15-23-22-16-14-21(29)17-25(22)31-27(23)26/h7,9,11,13-19,30H,1,8,10,12H2,2-6H3/b11-9+,24-18-. The summed E-state index contributed by atoms with van der Waals surface area (Å²) >= 11 is 0. The van der Waals surface area contributed by atoms with Crippen LogP contribution in [0.25, 0.3) is 27.6 Å². The van der Waals surface area contributed by atoms with Gasteiger partial charge in [0.05, 0.1) is 0 Å². The van der Waals surface area contributed by atoms with E-state index in [1.54, 1.807) is 6.07 Å². The molecule has 0 aliphatic rings. The fraction of sp³-hybridized carbons (Fsp3) is 0.357. The van der Waals surface area contributed by atoms with Crippen LogP contribution in [0.2, 0.25) is 0 Å². The molecule has 1 N–H and O–H groups in total. The van der Waals surface area contributed by atoms with Crippen molar-refractivity contribution < 1.29 is 8.81 Å². The number of fused-ring (bicyclic) bond motifs is 3. The average Bonchev–Trinajstić information content (AvgIpc) is 3.11. The largest absolute Gasteiger partial charge is 0.455 e. The summed E-state index contributed by atoms with van der Waals surface area (Å²) in [4.78, 5) is 0. The second-order valence-electron chi connectivity index (χ2n) is 8.86. The Balaban J connectivity index is 2.25. The van der Waals surface area contributed by atoms with E-state index < -0.39 is 0 Å². The molecule has 0 fully saturated rings.